The minimum absolute atomic E-state index is 0.209. The number of rotatable bonds is 5. The van der Waals surface area contributed by atoms with Gasteiger partial charge in [-0.25, -0.2) is 9.97 Å². The molecule has 2 atom stereocenters. The van der Waals surface area contributed by atoms with E-state index in [0.717, 1.165) is 63.8 Å². The average Bonchev–Trinajstić information content (AvgIpc) is 2.61. The molecule has 7 heteroatoms. The van der Waals surface area contributed by atoms with E-state index in [1.54, 1.807) is 6.33 Å². The number of aliphatic hydroxyl groups excluding tert-OH is 1. The number of hydrogen-bond acceptors (Lipinski definition) is 7. The third-order valence-corrected chi connectivity index (χ3v) is 4.77. The third-order valence-electron chi connectivity index (χ3n) is 4.77. The summed E-state index contributed by atoms with van der Waals surface area (Å²) in [5.41, 5.74) is 0. The summed E-state index contributed by atoms with van der Waals surface area (Å²) in [5, 5.41) is 9.43. The maximum atomic E-state index is 9.43. The Labute approximate surface area is 144 Å². The highest BCUT2D eigenvalue weighted by Crippen LogP contribution is 2.24. The van der Waals surface area contributed by atoms with Gasteiger partial charge in [0.2, 0.25) is 0 Å². The first-order chi connectivity index (χ1) is 11.7. The van der Waals surface area contributed by atoms with Crippen LogP contribution in [0.2, 0.25) is 0 Å². The first-order valence-electron chi connectivity index (χ1n) is 8.85. The van der Waals surface area contributed by atoms with Gasteiger partial charge in [-0.05, 0) is 32.9 Å². The lowest BCUT2D eigenvalue weighted by Crippen LogP contribution is -2.47. The minimum Gasteiger partial charge on any atom is -0.396 e. The average molecular weight is 335 g/mol. The Hall–Kier alpha value is -1.44. The number of aliphatic hydroxyl groups is 1. The fraction of sp³-hybridized carbons (Fsp3) is 0.765. The highest BCUT2D eigenvalue weighted by Gasteiger charge is 2.24. The van der Waals surface area contributed by atoms with Crippen LogP contribution in [-0.2, 0) is 4.74 Å². The molecule has 1 N–H and O–H groups in total. The van der Waals surface area contributed by atoms with E-state index in [9.17, 15) is 5.11 Å². The molecule has 0 amide bonds. The van der Waals surface area contributed by atoms with Crippen molar-refractivity contribution in [1.82, 2.24) is 14.9 Å². The van der Waals surface area contributed by atoms with E-state index < -0.39 is 0 Å². The molecule has 24 heavy (non-hydrogen) atoms. The summed E-state index contributed by atoms with van der Waals surface area (Å²) in [7, 11) is 4.14. The summed E-state index contributed by atoms with van der Waals surface area (Å²) in [5.74, 6) is 2.29. The van der Waals surface area contributed by atoms with Gasteiger partial charge in [-0.1, -0.05) is 0 Å². The van der Waals surface area contributed by atoms with E-state index in [1.807, 2.05) is 0 Å². The molecule has 2 fully saturated rings. The first-order valence-corrected chi connectivity index (χ1v) is 8.85. The normalized spacial score (nSPS) is 25.3. The standard InChI is InChI=1S/C17H29N5O2/c1-20(2)10-15-11-22(6-7-24-15)17-8-16(18-13-19-17)21-5-3-4-14(9-21)12-23/h8,13-15,23H,3-7,9-12H2,1-2H3. The lowest BCUT2D eigenvalue weighted by Gasteiger charge is -2.36. The summed E-state index contributed by atoms with van der Waals surface area (Å²) in [6.45, 7) is 5.49. The molecule has 7 nitrogen and oxygen atoms in total. The Balaban J connectivity index is 1.68. The van der Waals surface area contributed by atoms with Crippen LogP contribution in [0, 0.1) is 5.92 Å². The molecule has 134 valence electrons. The van der Waals surface area contributed by atoms with Gasteiger partial charge in [0, 0.05) is 45.4 Å². The van der Waals surface area contributed by atoms with Crippen LogP contribution in [0.25, 0.3) is 0 Å². The maximum Gasteiger partial charge on any atom is 0.134 e. The SMILES string of the molecule is CN(C)CC1CN(c2cc(N3CCCC(CO)C3)ncn2)CCO1. The Morgan fingerprint density at radius 1 is 1.21 bits per heavy atom. The van der Waals surface area contributed by atoms with E-state index in [-0.39, 0.29) is 12.7 Å². The van der Waals surface area contributed by atoms with E-state index in [0.29, 0.717) is 5.92 Å². The number of hydrogen-bond donors (Lipinski definition) is 1. The second kappa shape index (κ2) is 8.09. The van der Waals surface area contributed by atoms with Crippen LogP contribution in [0.4, 0.5) is 11.6 Å². The van der Waals surface area contributed by atoms with Crippen molar-refractivity contribution < 1.29 is 9.84 Å². The number of likely N-dealkylation sites (N-methyl/N-ethyl adjacent to an activating group) is 1. The fourth-order valence-corrected chi connectivity index (χ4v) is 3.55. The number of aromatic nitrogens is 2. The Bertz CT molecular complexity index is 527. The van der Waals surface area contributed by atoms with Crippen molar-refractivity contribution >= 4 is 11.6 Å². The number of morpholine rings is 1. The number of piperidine rings is 1. The molecule has 1 aromatic rings. The van der Waals surface area contributed by atoms with Crippen LogP contribution < -0.4 is 9.80 Å². The molecule has 2 aliphatic heterocycles. The van der Waals surface area contributed by atoms with Gasteiger partial charge in [0.25, 0.3) is 0 Å². The molecule has 0 bridgehead atoms. The highest BCUT2D eigenvalue weighted by molar-refractivity contribution is 5.50. The minimum atomic E-state index is 0.209. The molecular weight excluding hydrogens is 306 g/mol. The molecular formula is C17H29N5O2. The zero-order valence-electron chi connectivity index (χ0n) is 14.8. The predicted octanol–water partition coefficient (Wildman–Crippen LogP) is 0.452. The van der Waals surface area contributed by atoms with Crippen molar-refractivity contribution in [2.75, 3.05) is 69.8 Å². The molecule has 2 aliphatic rings. The summed E-state index contributed by atoms with van der Waals surface area (Å²) in [6, 6.07) is 2.08. The summed E-state index contributed by atoms with van der Waals surface area (Å²) < 4.78 is 5.85. The molecule has 0 spiro atoms. The Kier molecular flexibility index (Phi) is 5.86. The van der Waals surface area contributed by atoms with Crippen molar-refractivity contribution in [2.24, 2.45) is 5.92 Å². The number of nitrogens with zero attached hydrogens (tertiary/aromatic N) is 5. The molecule has 0 aromatic carbocycles. The van der Waals surface area contributed by atoms with Gasteiger partial charge in [0.1, 0.15) is 18.0 Å². The van der Waals surface area contributed by atoms with Crippen LogP contribution in [-0.4, -0.2) is 86.1 Å². The number of ether oxygens (including phenoxy) is 1. The summed E-state index contributed by atoms with van der Waals surface area (Å²) in [6.07, 6.45) is 4.07. The van der Waals surface area contributed by atoms with Crippen molar-refractivity contribution in [3.63, 3.8) is 0 Å². The fourth-order valence-electron chi connectivity index (χ4n) is 3.55. The van der Waals surface area contributed by atoms with Crippen molar-refractivity contribution in [2.45, 2.75) is 18.9 Å². The molecule has 3 rings (SSSR count). The molecule has 1 aromatic heterocycles. The van der Waals surface area contributed by atoms with Gasteiger partial charge in [-0.2, -0.15) is 0 Å². The van der Waals surface area contributed by atoms with Gasteiger partial charge < -0.3 is 24.5 Å². The first kappa shape index (κ1) is 17.4. The van der Waals surface area contributed by atoms with Crippen molar-refractivity contribution in [3.8, 4) is 0 Å². The molecule has 0 aliphatic carbocycles. The second-order valence-corrected chi connectivity index (χ2v) is 7.07. The summed E-state index contributed by atoms with van der Waals surface area (Å²) >= 11 is 0. The van der Waals surface area contributed by atoms with Crippen molar-refractivity contribution in [1.29, 1.82) is 0 Å². The lowest BCUT2D eigenvalue weighted by atomic mass is 9.99. The van der Waals surface area contributed by atoms with E-state index in [1.165, 1.54) is 0 Å². The van der Waals surface area contributed by atoms with Gasteiger partial charge in [0.15, 0.2) is 0 Å². The van der Waals surface area contributed by atoms with Gasteiger partial charge in [0.05, 0.1) is 12.7 Å². The quantitative estimate of drug-likeness (QED) is 0.838. The van der Waals surface area contributed by atoms with Crippen LogP contribution in [0.3, 0.4) is 0 Å². The highest BCUT2D eigenvalue weighted by atomic mass is 16.5. The summed E-state index contributed by atoms with van der Waals surface area (Å²) in [4.78, 5) is 15.7. The third kappa shape index (κ3) is 4.34. The Morgan fingerprint density at radius 3 is 2.67 bits per heavy atom. The topological polar surface area (TPSA) is 65.0 Å². The maximum absolute atomic E-state index is 9.43. The molecule has 2 saturated heterocycles. The van der Waals surface area contributed by atoms with E-state index >= 15 is 0 Å². The smallest absolute Gasteiger partial charge is 0.134 e. The number of anilines is 2. The van der Waals surface area contributed by atoms with E-state index in [4.69, 9.17) is 4.74 Å². The monoisotopic (exact) mass is 335 g/mol. The lowest BCUT2D eigenvalue weighted by molar-refractivity contribution is 0.0245. The van der Waals surface area contributed by atoms with Crippen LogP contribution in [0.1, 0.15) is 12.8 Å². The van der Waals surface area contributed by atoms with Gasteiger partial charge in [-0.3, -0.25) is 0 Å². The molecule has 0 radical (unpaired) electrons. The zero-order chi connectivity index (χ0) is 16.9. The van der Waals surface area contributed by atoms with E-state index in [2.05, 4.69) is 44.8 Å². The Morgan fingerprint density at radius 2 is 1.96 bits per heavy atom. The van der Waals surface area contributed by atoms with Crippen LogP contribution in [0.15, 0.2) is 12.4 Å². The predicted molar refractivity (Wildman–Crippen MR) is 94.6 cm³/mol. The second-order valence-electron chi connectivity index (χ2n) is 7.07. The van der Waals surface area contributed by atoms with Crippen molar-refractivity contribution in [3.05, 3.63) is 12.4 Å². The van der Waals surface area contributed by atoms with Gasteiger partial charge in [-0.15, -0.1) is 0 Å². The molecule has 3 heterocycles. The molecule has 2 unspecified atom stereocenters. The molecule has 0 saturated carbocycles. The zero-order valence-corrected chi connectivity index (χ0v) is 14.8. The largest absolute Gasteiger partial charge is 0.396 e. The van der Waals surface area contributed by atoms with Gasteiger partial charge >= 0.3 is 0 Å². The van der Waals surface area contributed by atoms with Crippen LogP contribution in [0.5, 0.6) is 0 Å². The van der Waals surface area contributed by atoms with Crippen LogP contribution >= 0.6 is 0 Å².